The Morgan fingerprint density at radius 1 is 1.11 bits per heavy atom. The summed E-state index contributed by atoms with van der Waals surface area (Å²) >= 11 is 12.2. The van der Waals surface area contributed by atoms with Gasteiger partial charge in [-0.1, -0.05) is 29.3 Å². The van der Waals surface area contributed by atoms with Crippen LogP contribution in [-0.2, 0) is 19.6 Å². The van der Waals surface area contributed by atoms with Crippen LogP contribution in [0.15, 0.2) is 41.3 Å². The first-order valence-electron chi connectivity index (χ1n) is 7.98. The van der Waals surface area contributed by atoms with Crippen molar-refractivity contribution in [3.8, 4) is 5.75 Å². The van der Waals surface area contributed by atoms with Crippen LogP contribution in [0.2, 0.25) is 10.0 Å². The summed E-state index contributed by atoms with van der Waals surface area (Å²) in [4.78, 5) is 11.9. The molecule has 0 spiro atoms. The smallest absolute Gasteiger partial charge is 0.326 e. The zero-order valence-corrected chi connectivity index (χ0v) is 17.4. The fourth-order valence-corrected chi connectivity index (χ4v) is 4.24. The Balaban J connectivity index is 2.55. The van der Waals surface area contributed by atoms with Gasteiger partial charge in [-0.2, -0.15) is 0 Å². The number of halogens is 2. The maximum Gasteiger partial charge on any atom is 0.326 e. The van der Waals surface area contributed by atoms with Gasteiger partial charge in [-0.15, -0.1) is 0 Å². The summed E-state index contributed by atoms with van der Waals surface area (Å²) in [5.74, 6) is -0.344. The second-order valence-electron chi connectivity index (χ2n) is 5.55. The van der Waals surface area contributed by atoms with Crippen LogP contribution in [0.25, 0.3) is 0 Å². The third-order valence-corrected chi connectivity index (χ3v) is 6.21. The van der Waals surface area contributed by atoms with E-state index in [0.29, 0.717) is 10.8 Å². The average molecular weight is 432 g/mol. The van der Waals surface area contributed by atoms with E-state index in [1.165, 1.54) is 31.4 Å². The molecule has 0 radical (unpaired) electrons. The number of nitrogens with zero attached hydrogens (tertiary/aromatic N) is 1. The van der Waals surface area contributed by atoms with E-state index in [0.717, 1.165) is 9.87 Å². The number of hydrogen-bond acceptors (Lipinski definition) is 5. The summed E-state index contributed by atoms with van der Waals surface area (Å²) in [6, 6.07) is 8.80. The van der Waals surface area contributed by atoms with E-state index in [-0.39, 0.29) is 22.2 Å². The van der Waals surface area contributed by atoms with Gasteiger partial charge in [-0.3, -0.25) is 9.10 Å². The van der Waals surface area contributed by atoms with E-state index >= 15 is 0 Å². The molecule has 0 unspecified atom stereocenters. The summed E-state index contributed by atoms with van der Waals surface area (Å²) in [5.41, 5.74) is 1.02. The molecule has 0 aliphatic rings. The summed E-state index contributed by atoms with van der Waals surface area (Å²) < 4.78 is 37.3. The first-order chi connectivity index (χ1) is 12.7. The normalized spacial score (nSPS) is 11.1. The van der Waals surface area contributed by atoms with Crippen LogP contribution in [-0.4, -0.2) is 34.6 Å². The zero-order chi connectivity index (χ0) is 20.2. The van der Waals surface area contributed by atoms with E-state index in [9.17, 15) is 13.2 Å². The Labute approximate surface area is 168 Å². The van der Waals surface area contributed by atoms with Crippen molar-refractivity contribution in [2.75, 3.05) is 24.6 Å². The molecule has 0 amide bonds. The number of hydrogen-bond donors (Lipinski definition) is 0. The molecule has 6 nitrogen and oxygen atoms in total. The summed E-state index contributed by atoms with van der Waals surface area (Å²) in [6.45, 7) is 3.07. The van der Waals surface area contributed by atoms with Crippen molar-refractivity contribution in [1.29, 1.82) is 0 Å². The van der Waals surface area contributed by atoms with Gasteiger partial charge in [0.1, 0.15) is 12.3 Å². The molecule has 0 heterocycles. The second-order valence-corrected chi connectivity index (χ2v) is 8.22. The molecule has 0 fully saturated rings. The van der Waals surface area contributed by atoms with Crippen molar-refractivity contribution in [1.82, 2.24) is 0 Å². The highest BCUT2D eigenvalue weighted by Crippen LogP contribution is 2.31. The quantitative estimate of drug-likeness (QED) is 0.617. The fourth-order valence-electron chi connectivity index (χ4n) is 2.31. The van der Waals surface area contributed by atoms with Crippen molar-refractivity contribution < 1.29 is 22.7 Å². The number of ether oxygens (including phenoxy) is 2. The fraction of sp³-hybridized carbons (Fsp3) is 0.278. The topological polar surface area (TPSA) is 72.9 Å². The standard InChI is InChI=1S/C18H19Cl2NO5S/c1-4-26-18(22)11-21(13-6-5-12(2)15(19)9-13)27(23,24)14-7-8-17(25-3)16(20)10-14/h5-10H,4,11H2,1-3H3. The molecule has 0 aliphatic carbocycles. The van der Waals surface area contributed by atoms with Gasteiger partial charge in [0.25, 0.3) is 10.0 Å². The van der Waals surface area contributed by atoms with Gasteiger partial charge in [-0.25, -0.2) is 8.42 Å². The van der Waals surface area contributed by atoms with Gasteiger partial charge in [0.05, 0.1) is 29.3 Å². The van der Waals surface area contributed by atoms with Crippen molar-refractivity contribution in [2.24, 2.45) is 0 Å². The number of esters is 1. The van der Waals surface area contributed by atoms with Crippen LogP contribution in [0.3, 0.4) is 0 Å². The highest BCUT2D eigenvalue weighted by molar-refractivity contribution is 7.92. The molecular weight excluding hydrogens is 413 g/mol. The van der Waals surface area contributed by atoms with Crippen LogP contribution in [0, 0.1) is 6.92 Å². The van der Waals surface area contributed by atoms with Crippen molar-refractivity contribution in [3.63, 3.8) is 0 Å². The highest BCUT2D eigenvalue weighted by Gasteiger charge is 2.28. The third-order valence-electron chi connectivity index (χ3n) is 3.73. The van der Waals surface area contributed by atoms with Crippen molar-refractivity contribution in [3.05, 3.63) is 52.0 Å². The van der Waals surface area contributed by atoms with Gasteiger partial charge >= 0.3 is 5.97 Å². The number of rotatable bonds is 7. The molecule has 0 N–H and O–H groups in total. The maximum absolute atomic E-state index is 13.2. The Bertz CT molecular complexity index is 947. The molecule has 0 aromatic heterocycles. The molecule has 2 aromatic rings. The molecule has 0 aliphatic heterocycles. The molecule has 0 saturated heterocycles. The molecule has 0 atom stereocenters. The van der Waals surface area contributed by atoms with Crippen LogP contribution >= 0.6 is 23.2 Å². The predicted octanol–water partition coefficient (Wildman–Crippen LogP) is 4.07. The number of carbonyl (C=O) groups excluding carboxylic acids is 1. The van der Waals surface area contributed by atoms with E-state index in [1.54, 1.807) is 26.0 Å². The number of aryl methyl sites for hydroxylation is 1. The minimum Gasteiger partial charge on any atom is -0.495 e. The average Bonchev–Trinajstić information content (AvgIpc) is 2.62. The molecule has 9 heteroatoms. The highest BCUT2D eigenvalue weighted by atomic mass is 35.5. The first-order valence-corrected chi connectivity index (χ1v) is 10.2. The maximum atomic E-state index is 13.2. The number of anilines is 1. The number of benzene rings is 2. The van der Waals surface area contributed by atoms with Gasteiger partial charge < -0.3 is 9.47 Å². The number of methoxy groups -OCH3 is 1. The van der Waals surface area contributed by atoms with E-state index in [4.69, 9.17) is 32.7 Å². The molecule has 2 rings (SSSR count). The number of sulfonamides is 1. The van der Waals surface area contributed by atoms with Crippen LogP contribution in [0.4, 0.5) is 5.69 Å². The predicted molar refractivity (Wildman–Crippen MR) is 105 cm³/mol. The molecular formula is C18H19Cl2NO5S. The summed E-state index contributed by atoms with van der Waals surface area (Å²) in [7, 11) is -2.68. The lowest BCUT2D eigenvalue weighted by Gasteiger charge is -2.24. The van der Waals surface area contributed by atoms with E-state index < -0.39 is 22.5 Å². The minimum atomic E-state index is -4.11. The first kappa shape index (κ1) is 21.3. The Morgan fingerprint density at radius 3 is 2.37 bits per heavy atom. The number of carbonyl (C=O) groups is 1. The lowest BCUT2D eigenvalue weighted by atomic mass is 10.2. The molecule has 0 saturated carbocycles. The van der Waals surface area contributed by atoms with Gasteiger partial charge in [0.2, 0.25) is 0 Å². The van der Waals surface area contributed by atoms with Crippen LogP contribution in [0.1, 0.15) is 12.5 Å². The van der Waals surface area contributed by atoms with E-state index in [1.807, 2.05) is 0 Å². The Hall–Kier alpha value is -1.96. The second kappa shape index (κ2) is 8.82. The van der Waals surface area contributed by atoms with Crippen LogP contribution in [0.5, 0.6) is 5.75 Å². The van der Waals surface area contributed by atoms with Gasteiger partial charge in [-0.05, 0) is 49.7 Å². The Morgan fingerprint density at radius 2 is 1.81 bits per heavy atom. The third kappa shape index (κ3) is 4.86. The summed E-state index contributed by atoms with van der Waals surface area (Å²) in [5, 5.41) is 0.515. The van der Waals surface area contributed by atoms with Gasteiger partial charge in [0, 0.05) is 5.02 Å². The summed E-state index contributed by atoms with van der Waals surface area (Å²) in [6.07, 6.45) is 0. The lowest BCUT2D eigenvalue weighted by molar-refractivity contribution is -0.141. The largest absolute Gasteiger partial charge is 0.495 e. The molecule has 146 valence electrons. The van der Waals surface area contributed by atoms with Crippen LogP contribution < -0.4 is 9.04 Å². The monoisotopic (exact) mass is 431 g/mol. The minimum absolute atomic E-state index is 0.0886. The lowest BCUT2D eigenvalue weighted by Crippen LogP contribution is -2.36. The van der Waals surface area contributed by atoms with Crippen molar-refractivity contribution >= 4 is 44.9 Å². The van der Waals surface area contributed by atoms with E-state index in [2.05, 4.69) is 0 Å². The Kier molecular flexibility index (Phi) is 6.97. The zero-order valence-electron chi connectivity index (χ0n) is 15.0. The molecule has 27 heavy (non-hydrogen) atoms. The molecule has 2 aromatic carbocycles. The SMILES string of the molecule is CCOC(=O)CN(c1ccc(C)c(Cl)c1)S(=O)(=O)c1ccc(OC)c(Cl)c1. The van der Waals surface area contributed by atoms with Gasteiger partial charge in [0.15, 0.2) is 0 Å². The molecule has 0 bridgehead atoms. The van der Waals surface area contributed by atoms with Crippen molar-refractivity contribution in [2.45, 2.75) is 18.7 Å².